The maximum absolute atomic E-state index is 9.32. The zero-order chi connectivity index (χ0) is 40.8. The topological polar surface area (TPSA) is 0 Å². The third kappa shape index (κ3) is 2.86. The first-order chi connectivity index (χ1) is 25.6. The van der Waals surface area contributed by atoms with Gasteiger partial charge in [-0.2, -0.15) is 0 Å². The van der Waals surface area contributed by atoms with E-state index in [1.807, 2.05) is 0 Å². The lowest BCUT2D eigenvalue weighted by atomic mass is 9.84. The Hall–Kier alpha value is -4.42. The molecule has 0 heteroatoms. The minimum atomic E-state index is -0.879. The van der Waals surface area contributed by atoms with Crippen LogP contribution in [0, 0.1) is 0 Å². The van der Waals surface area contributed by atoms with Crippen molar-refractivity contribution in [2.24, 2.45) is 0 Å². The quantitative estimate of drug-likeness (QED) is 0.229. The molecule has 0 unspecified atom stereocenters. The van der Waals surface area contributed by atoms with E-state index >= 15 is 0 Å². The summed E-state index contributed by atoms with van der Waals surface area (Å²) in [5, 5.41) is -4.01. The fourth-order valence-electron chi connectivity index (χ4n) is 4.09. The average molecular weight is 452 g/mol. The number of hydrogen-bond donors (Lipinski definition) is 0. The molecule has 0 amide bonds. The first-order valence-electron chi connectivity index (χ1n) is 20.6. The Balaban J connectivity index is 1.94. The van der Waals surface area contributed by atoms with E-state index in [1.54, 1.807) is 0 Å². The first kappa shape index (κ1) is 7.55. The Morgan fingerprint density at radius 3 is 1.68 bits per heavy atom. The molecule has 7 aromatic carbocycles. The summed E-state index contributed by atoms with van der Waals surface area (Å²) in [6.07, 6.45) is 0. The molecule has 0 aliphatic rings. The van der Waals surface area contributed by atoms with Crippen LogP contribution in [0.15, 0.2) is 133 Å². The monoisotopic (exact) mass is 451 g/mol. The molecule has 0 aliphatic heterocycles. The molecule has 0 saturated carbocycles. The van der Waals surface area contributed by atoms with Crippen molar-refractivity contribution in [2.75, 3.05) is 0 Å². The molecule has 7 rings (SSSR count). The van der Waals surface area contributed by atoms with Gasteiger partial charge in [0.15, 0.2) is 0 Å². The third-order valence-electron chi connectivity index (χ3n) is 5.51. The molecule has 158 valence electrons. The summed E-state index contributed by atoms with van der Waals surface area (Å²) in [5.41, 5.74) is -2.22. The van der Waals surface area contributed by atoms with Crippen LogP contribution in [-0.2, 0) is 0 Å². The van der Waals surface area contributed by atoms with Crippen molar-refractivity contribution in [2.45, 2.75) is 0 Å². The van der Waals surface area contributed by atoms with Crippen molar-refractivity contribution in [3.63, 3.8) is 0 Å². The van der Waals surface area contributed by atoms with Gasteiger partial charge in [-0.05, 0) is 71.4 Å². The van der Waals surface area contributed by atoms with E-state index in [4.69, 9.17) is 21.9 Å². The van der Waals surface area contributed by atoms with Gasteiger partial charge in [-0.15, -0.1) is 0 Å². The summed E-state index contributed by atoms with van der Waals surface area (Å²) in [6.45, 7) is 0. The van der Waals surface area contributed by atoms with E-state index in [0.717, 1.165) is 6.07 Å². The minimum absolute atomic E-state index is 0.287. The molecule has 0 N–H and O–H groups in total. The van der Waals surface area contributed by atoms with E-state index in [0.29, 0.717) is 0 Å². The molecule has 0 radical (unpaired) electrons. The van der Waals surface area contributed by atoms with E-state index in [-0.39, 0.29) is 5.39 Å². The predicted molar refractivity (Wildman–Crippen MR) is 147 cm³/mol. The van der Waals surface area contributed by atoms with Crippen LogP contribution in [0.4, 0.5) is 0 Å². The van der Waals surface area contributed by atoms with Crippen LogP contribution in [-0.4, -0.2) is 0 Å². The van der Waals surface area contributed by atoms with Gasteiger partial charge in [0.25, 0.3) is 0 Å². The lowest BCUT2D eigenvalue weighted by Crippen LogP contribution is -1.91. The molecule has 34 heavy (non-hydrogen) atoms. The first-order valence-corrected chi connectivity index (χ1v) is 10.1. The molecule has 0 bridgehead atoms. The zero-order valence-corrected chi connectivity index (χ0v) is 17.1. The molecule has 0 fully saturated rings. The second-order valence-corrected chi connectivity index (χ2v) is 7.33. The number of fused-ring (bicyclic) bond motifs is 4. The largest absolute Gasteiger partial charge is 0.0636 e. The predicted octanol–water partition coefficient (Wildman–Crippen LogP) is 9.63. The van der Waals surface area contributed by atoms with E-state index in [2.05, 4.69) is 0 Å². The van der Waals surface area contributed by atoms with Crippen LogP contribution < -0.4 is 0 Å². The summed E-state index contributed by atoms with van der Waals surface area (Å²) in [6, 6.07) is -15.7. The number of rotatable bonds is 2. The summed E-state index contributed by atoms with van der Waals surface area (Å²) in [4.78, 5) is 0. The van der Waals surface area contributed by atoms with Crippen molar-refractivity contribution in [1.29, 1.82) is 0 Å². The average Bonchev–Trinajstić information content (AvgIpc) is 3.15. The van der Waals surface area contributed by atoms with Crippen LogP contribution >= 0.6 is 0 Å². The van der Waals surface area contributed by atoms with Crippen molar-refractivity contribution < 1.29 is 28.8 Å². The highest BCUT2D eigenvalue weighted by molar-refractivity contribution is 6.23. The summed E-state index contributed by atoms with van der Waals surface area (Å²) in [7, 11) is 0. The van der Waals surface area contributed by atoms with Gasteiger partial charge in [0.05, 0.1) is 28.8 Å². The maximum Gasteiger partial charge on any atom is 0.0636 e. The Bertz CT molecular complexity index is 2900. The van der Waals surface area contributed by atoms with E-state index < -0.39 is 187 Å². The van der Waals surface area contributed by atoms with Gasteiger partial charge in [-0.25, -0.2) is 0 Å². The Labute approximate surface area is 228 Å². The van der Waals surface area contributed by atoms with Crippen LogP contribution in [0.2, 0.25) is 0 Å². The zero-order valence-electron chi connectivity index (χ0n) is 38.1. The van der Waals surface area contributed by atoms with Crippen molar-refractivity contribution in [1.82, 2.24) is 0 Å². The van der Waals surface area contributed by atoms with Crippen LogP contribution in [0.1, 0.15) is 28.8 Å². The van der Waals surface area contributed by atoms with Crippen molar-refractivity contribution >= 4 is 43.1 Å². The van der Waals surface area contributed by atoms with Crippen LogP contribution in [0.5, 0.6) is 0 Å². The molecule has 0 nitrogen and oxygen atoms in total. The smallest absolute Gasteiger partial charge is 0.0616 e. The van der Waals surface area contributed by atoms with Crippen LogP contribution in [0.3, 0.4) is 0 Å². The fraction of sp³-hybridized carbons (Fsp3) is 0. The summed E-state index contributed by atoms with van der Waals surface area (Å²) < 4.78 is 184. The van der Waals surface area contributed by atoms with Gasteiger partial charge in [-0.3, -0.25) is 0 Å². The second-order valence-electron chi connectivity index (χ2n) is 7.33. The molecule has 0 saturated heterocycles. The maximum atomic E-state index is 9.32. The minimum Gasteiger partial charge on any atom is -0.0616 e. The van der Waals surface area contributed by atoms with Gasteiger partial charge in [0.2, 0.25) is 0 Å². The van der Waals surface area contributed by atoms with Crippen molar-refractivity contribution in [3.05, 3.63) is 133 Å². The highest BCUT2D eigenvalue weighted by Crippen LogP contribution is 2.45. The molecule has 0 aromatic heterocycles. The summed E-state index contributed by atoms with van der Waals surface area (Å²) in [5.74, 6) is 0. The number of hydrogen-bond acceptors (Lipinski definition) is 0. The van der Waals surface area contributed by atoms with E-state index in [1.165, 1.54) is 0 Å². The Morgan fingerprint density at radius 2 is 0.941 bits per heavy atom. The highest BCUT2D eigenvalue weighted by atomic mass is 14.2. The standard InChI is InChI=1S/C34H22/c1-2-12-25-22-26(21-20-23(25)10-1)33-29-15-5-7-17-31(29)34(32-18-8-6-16-30(32)33)28-19-9-13-24-11-3-4-14-27(24)28/h1-22H/i1D,2D,3D,4D,5D,6D,7D,8D,9D,10D,11D,12D,13D,15D,16D,17D,18D,19D,20D,21D,22D. The van der Waals surface area contributed by atoms with Gasteiger partial charge in [-0.1, -0.05) is 127 Å². The lowest BCUT2D eigenvalue weighted by Gasteiger charge is -2.19. The van der Waals surface area contributed by atoms with Crippen LogP contribution in [0.25, 0.3) is 65.3 Å². The van der Waals surface area contributed by atoms with Gasteiger partial charge >= 0.3 is 0 Å². The Morgan fingerprint density at radius 1 is 0.382 bits per heavy atom. The molecule has 0 heterocycles. The normalized spacial score (nSPS) is 20.2. The third-order valence-corrected chi connectivity index (χ3v) is 5.51. The summed E-state index contributed by atoms with van der Waals surface area (Å²) >= 11 is 0. The lowest BCUT2D eigenvalue weighted by molar-refractivity contribution is 1.68. The molecular formula is C34H22. The SMILES string of the molecule is [2H]c1cc2c(-c3c4c([2H])c([2H])c([2H])c([2H])c4c(-c4c([2H])c([2H])c5c([2H])c([2H])c([2H])c([2H])c5c4[2H])c4c([2H])c([2H])c([2H])c([2H])c34)c([2H])c([2H])c([2H])c2c([2H])c1[2H]. The molecular weight excluding hydrogens is 408 g/mol. The molecule has 0 atom stereocenters. The number of benzene rings is 7. The van der Waals surface area contributed by atoms with Gasteiger partial charge < -0.3 is 0 Å². The van der Waals surface area contributed by atoms with Gasteiger partial charge in [0.1, 0.15) is 0 Å². The van der Waals surface area contributed by atoms with Crippen molar-refractivity contribution in [3.8, 4) is 22.3 Å². The Kier molecular flexibility index (Phi) is 1.68. The van der Waals surface area contributed by atoms with Gasteiger partial charge in [0, 0.05) is 0 Å². The molecule has 0 aliphatic carbocycles. The molecule has 7 aromatic rings. The fourth-order valence-corrected chi connectivity index (χ4v) is 4.09. The molecule has 0 spiro atoms. The van der Waals surface area contributed by atoms with E-state index in [9.17, 15) is 6.85 Å². The second kappa shape index (κ2) is 7.57. The highest BCUT2D eigenvalue weighted by Gasteiger charge is 2.17.